The van der Waals surface area contributed by atoms with Crippen LogP contribution in [0.25, 0.3) is 27.2 Å². The fraction of sp³-hybridized carbons (Fsp3) is 0.409. The van der Waals surface area contributed by atoms with E-state index in [2.05, 4.69) is 88.3 Å². The van der Waals surface area contributed by atoms with Gasteiger partial charge in [-0.25, -0.2) is 4.68 Å². The number of carbonyl (C=O) groups excluding carboxylic acids is 6. The molecule has 6 amide bonds. The summed E-state index contributed by atoms with van der Waals surface area (Å²) in [5.74, 6) is 2.72. The molecule has 3 unspecified atom stereocenters. The van der Waals surface area contributed by atoms with Crippen molar-refractivity contribution in [3.63, 3.8) is 0 Å². The first-order chi connectivity index (χ1) is 57.0. The maximum Gasteiger partial charge on any atom is 0.254 e. The average molecular weight is 1580 g/mol. The van der Waals surface area contributed by atoms with E-state index in [9.17, 15) is 28.8 Å². The van der Waals surface area contributed by atoms with E-state index in [1.165, 1.54) is 42.4 Å². The molecule has 0 radical (unpaired) electrons. The maximum absolute atomic E-state index is 13.9. The Morgan fingerprint density at radius 3 is 1.41 bits per heavy atom. The normalized spacial score (nSPS) is 20.6. The SMILES string of the molecule is Cc1c(C(=O)NC[C@@H]2CCN(CC(c3ccccc3)c3ccccc3)C(=O)[C@H](CCCN)N2)cnn1-c1ccccc1.NC(N)=NCCC[C@@H]1N[C@H](CNC(=O)c2ccc3ccccc3c2)CCN(CCC2CC3CCC2C3)C1=O.NC(N)=NCCC[C@@H]1N[C@H](CNC(=O)c2ccc3ccccc3c2)CCN(CCc2ccccc2)C1=O. The molecule has 2 bridgehead atoms. The fourth-order valence-corrected chi connectivity index (χ4v) is 17.3. The Balaban J connectivity index is 0.000000162. The second-order valence-corrected chi connectivity index (χ2v) is 31.9. The van der Waals surface area contributed by atoms with Gasteiger partial charge in [0.1, 0.15) is 0 Å². The second-order valence-electron chi connectivity index (χ2n) is 31.9. The summed E-state index contributed by atoms with van der Waals surface area (Å²) in [5.41, 5.74) is 34.8. The van der Waals surface area contributed by atoms with Crippen molar-refractivity contribution in [3.8, 4) is 5.69 Å². The molecular formula is C93H118N18O6. The van der Waals surface area contributed by atoms with Crippen LogP contribution in [0.5, 0.6) is 0 Å². The number of para-hydroxylation sites is 1. The van der Waals surface area contributed by atoms with Gasteiger partial charge in [-0.05, 0) is 196 Å². The summed E-state index contributed by atoms with van der Waals surface area (Å²) in [6.07, 6.45) is 15.4. The molecule has 0 spiro atoms. The zero-order valence-corrected chi connectivity index (χ0v) is 67.5. The zero-order valence-electron chi connectivity index (χ0n) is 67.5. The highest BCUT2D eigenvalue weighted by molar-refractivity contribution is 6.00. The van der Waals surface area contributed by atoms with E-state index in [1.54, 1.807) is 10.9 Å². The molecule has 1 aromatic heterocycles. The van der Waals surface area contributed by atoms with Crippen molar-refractivity contribution in [3.05, 3.63) is 252 Å². The van der Waals surface area contributed by atoms with Gasteiger partial charge in [0.25, 0.3) is 17.7 Å². The highest BCUT2D eigenvalue weighted by Gasteiger charge is 2.41. The van der Waals surface area contributed by atoms with Gasteiger partial charge < -0.3 is 75.3 Å². The van der Waals surface area contributed by atoms with Crippen LogP contribution in [0.2, 0.25) is 0 Å². The number of amides is 6. The van der Waals surface area contributed by atoms with Gasteiger partial charge >= 0.3 is 0 Å². The lowest BCUT2D eigenvalue weighted by atomic mass is 9.86. The first-order valence-corrected chi connectivity index (χ1v) is 42.0. The van der Waals surface area contributed by atoms with Crippen molar-refractivity contribution in [1.82, 2.24) is 56.4 Å². The molecule has 8 aromatic carbocycles. The minimum Gasteiger partial charge on any atom is -0.370 e. The molecule has 9 atom stereocenters. The van der Waals surface area contributed by atoms with E-state index < -0.39 is 0 Å². The summed E-state index contributed by atoms with van der Waals surface area (Å²) < 4.78 is 1.77. The first-order valence-electron chi connectivity index (χ1n) is 42.0. The number of benzene rings is 8. The van der Waals surface area contributed by atoms with Gasteiger partial charge in [-0.2, -0.15) is 5.10 Å². The molecule has 3 saturated heterocycles. The Hall–Kier alpha value is -11.3. The van der Waals surface area contributed by atoms with Crippen molar-refractivity contribution < 1.29 is 28.8 Å². The van der Waals surface area contributed by atoms with Crippen molar-refractivity contribution in [2.24, 2.45) is 56.4 Å². The van der Waals surface area contributed by atoms with Gasteiger partial charge in [-0.1, -0.05) is 176 Å². The molecular weight excluding hydrogens is 1470 g/mol. The van der Waals surface area contributed by atoms with Crippen LogP contribution in [-0.2, 0) is 20.8 Å². The topological polar surface area (TPSA) is 357 Å². The van der Waals surface area contributed by atoms with Crippen molar-refractivity contribution in [2.45, 2.75) is 145 Å². The smallest absolute Gasteiger partial charge is 0.254 e. The third-order valence-electron chi connectivity index (χ3n) is 23.7. The summed E-state index contributed by atoms with van der Waals surface area (Å²) >= 11 is 0. The zero-order chi connectivity index (χ0) is 81.8. The largest absolute Gasteiger partial charge is 0.370 e. The van der Waals surface area contributed by atoms with Crippen molar-refractivity contribution >= 4 is 68.9 Å². The molecule has 9 aromatic rings. The number of aromatic nitrogens is 2. The average Bonchev–Trinajstić information content (AvgIpc) is 1.68. The summed E-state index contributed by atoms with van der Waals surface area (Å²) in [6, 6.07) is 67.1. The maximum atomic E-state index is 13.9. The third kappa shape index (κ3) is 24.4. The van der Waals surface area contributed by atoms with E-state index in [0.29, 0.717) is 114 Å². The predicted octanol–water partition coefficient (Wildman–Crippen LogP) is 9.47. The Morgan fingerprint density at radius 1 is 0.487 bits per heavy atom. The lowest BCUT2D eigenvalue weighted by Crippen LogP contribution is -2.49. The van der Waals surface area contributed by atoms with Gasteiger partial charge in [0, 0.05) is 107 Å². The molecule has 616 valence electrons. The van der Waals surface area contributed by atoms with Crippen LogP contribution >= 0.6 is 0 Å². The van der Waals surface area contributed by atoms with E-state index in [0.717, 1.165) is 102 Å². The van der Waals surface area contributed by atoms with Crippen LogP contribution in [0.4, 0.5) is 0 Å². The van der Waals surface area contributed by atoms with Crippen LogP contribution in [0.3, 0.4) is 0 Å². The standard InChI is InChI=1S/C34H40N6O2.C30H42N6O2.C29H36N6O2/c1-25-30(23-37-40(25)29-16-9-4-10-17-29)33(41)36-22-28-19-21-39(34(42)32(38-28)18-11-20-35)24-31(26-12-5-2-6-13-26)27-14-7-3-8-15-27;31-30(32)33-13-3-6-27-29(38)36(14-11-24-17-20-7-8-23(24)16-20)15-12-26(35-27)19-34-28(37)25-10-9-21-4-1-2-5-22(21)18-25;30-29(31)32-16-6-11-26-28(37)35(17-14-21-7-2-1-3-8-21)18-15-25(34-26)20-33-27(36)24-13-12-22-9-4-5-10-23(22)19-24/h2-10,12-17,23,28,31-32,38H,11,18-22,24,35H2,1H3,(H,36,41);1-2,4-5,9-10,18,20,23-24,26-27,35H,3,6-8,11-17,19H2,(H,34,37)(H4,31,32,33);1-5,7-10,12-13,19,25-26,34H,6,11,14-18,20H2,(H,33,36)(H4,30,31,32)/t28-,32-;20?,23?,24?,26-,27-;25-,26-/m000/s1. The number of aliphatic imine (C=N–C) groups is 2. The van der Waals surface area contributed by atoms with E-state index in [4.69, 9.17) is 28.7 Å². The summed E-state index contributed by atoms with van der Waals surface area (Å²) in [5, 5.41) is 28.6. The van der Waals surface area contributed by atoms with Crippen LogP contribution in [0.15, 0.2) is 222 Å². The van der Waals surface area contributed by atoms with Crippen LogP contribution in [0, 0.1) is 24.7 Å². The second kappa shape index (κ2) is 43.1. The highest BCUT2D eigenvalue weighted by Crippen LogP contribution is 2.49. The quantitative estimate of drug-likeness (QED) is 0.0109. The van der Waals surface area contributed by atoms with Gasteiger partial charge in [-0.15, -0.1) is 0 Å². The highest BCUT2D eigenvalue weighted by atomic mass is 16.2. The number of nitrogens with one attached hydrogen (secondary N) is 6. The van der Waals surface area contributed by atoms with Gasteiger partial charge in [0.15, 0.2) is 11.9 Å². The van der Waals surface area contributed by atoms with Crippen LogP contribution in [-0.4, -0.2) is 187 Å². The van der Waals surface area contributed by atoms with Gasteiger partial charge in [0.2, 0.25) is 17.7 Å². The van der Waals surface area contributed by atoms with E-state index >= 15 is 0 Å². The molecule has 117 heavy (non-hydrogen) atoms. The Kier molecular flexibility index (Phi) is 31.3. The van der Waals surface area contributed by atoms with Gasteiger partial charge in [-0.3, -0.25) is 38.8 Å². The summed E-state index contributed by atoms with van der Waals surface area (Å²) in [7, 11) is 0. The first kappa shape index (κ1) is 85.1. The molecule has 2 saturated carbocycles. The minimum absolute atomic E-state index is 0.0175. The number of carbonyl (C=O) groups is 6. The number of rotatable bonds is 31. The lowest BCUT2D eigenvalue weighted by Gasteiger charge is -2.29. The number of hydrogen-bond acceptors (Lipinski definition) is 13. The molecule has 5 fully saturated rings. The Labute approximate surface area is 688 Å². The molecule has 14 rings (SSSR count). The molecule has 24 nitrogen and oxygen atoms in total. The van der Waals surface area contributed by atoms with Gasteiger partial charge in [0.05, 0.1) is 41.3 Å². The number of fused-ring (bicyclic) bond motifs is 4. The number of guanidine groups is 2. The molecule has 2 aliphatic carbocycles. The van der Waals surface area contributed by atoms with Crippen LogP contribution in [0.1, 0.15) is 149 Å². The third-order valence-corrected chi connectivity index (χ3v) is 23.7. The fourth-order valence-electron chi connectivity index (χ4n) is 17.3. The molecule has 24 heteroatoms. The molecule has 3 aliphatic heterocycles. The Morgan fingerprint density at radius 2 is 0.932 bits per heavy atom. The molecule has 4 heterocycles. The lowest BCUT2D eigenvalue weighted by molar-refractivity contribution is -0.133. The Bertz CT molecular complexity index is 4730. The van der Waals surface area contributed by atoms with Crippen molar-refractivity contribution in [1.29, 1.82) is 0 Å². The minimum atomic E-state index is -0.354. The van der Waals surface area contributed by atoms with Crippen molar-refractivity contribution in [2.75, 3.05) is 78.5 Å². The number of nitrogens with two attached hydrogens (primary N) is 5. The van der Waals surface area contributed by atoms with Crippen LogP contribution < -0.4 is 60.6 Å². The van der Waals surface area contributed by atoms with E-state index in [-0.39, 0.29) is 89.5 Å². The molecule has 5 aliphatic rings. The number of hydrogen-bond donors (Lipinski definition) is 11. The summed E-state index contributed by atoms with van der Waals surface area (Å²) in [4.78, 5) is 94.0. The number of nitrogens with zero attached hydrogens (tertiary/aromatic N) is 7. The molecule has 16 N–H and O–H groups in total. The monoisotopic (exact) mass is 1580 g/mol. The predicted molar refractivity (Wildman–Crippen MR) is 465 cm³/mol. The summed E-state index contributed by atoms with van der Waals surface area (Å²) in [6.45, 7) is 8.76. The van der Waals surface area contributed by atoms with E-state index in [1.807, 2.05) is 187 Å².